The molecule has 1 aliphatic heterocycles. The molecule has 1 heterocycles. The standard InChI is InChI=1S/C17H15ClN2O6/c18-13-3-2-11(20(23)24)8-12(13)17(22)19-6-5-14(21)10-1-4-15-16(7-10)26-9-25-15/h1-4,7-8,14,21H,5-6,9H2,(H,19,22). The summed E-state index contributed by atoms with van der Waals surface area (Å²) in [6.45, 7) is 0.308. The van der Waals surface area contributed by atoms with E-state index < -0.39 is 16.9 Å². The van der Waals surface area contributed by atoms with Crippen LogP contribution in [0, 0.1) is 10.1 Å². The number of aliphatic hydroxyl groups excluding tert-OH is 1. The number of nitrogens with zero attached hydrogens (tertiary/aromatic N) is 1. The second-order valence-corrected chi connectivity index (χ2v) is 6.00. The van der Waals surface area contributed by atoms with Crippen LogP contribution >= 0.6 is 11.6 Å². The highest BCUT2D eigenvalue weighted by atomic mass is 35.5. The third kappa shape index (κ3) is 3.87. The highest BCUT2D eigenvalue weighted by Gasteiger charge is 2.18. The second kappa shape index (κ2) is 7.59. The van der Waals surface area contributed by atoms with Crippen LogP contribution in [0.15, 0.2) is 36.4 Å². The first-order valence-corrected chi connectivity index (χ1v) is 8.13. The number of halogens is 1. The van der Waals surface area contributed by atoms with Gasteiger partial charge in [-0.1, -0.05) is 17.7 Å². The largest absolute Gasteiger partial charge is 0.454 e. The first-order chi connectivity index (χ1) is 12.5. The number of hydrogen-bond acceptors (Lipinski definition) is 6. The summed E-state index contributed by atoms with van der Waals surface area (Å²) in [5.41, 5.74) is 0.426. The molecule has 0 saturated heterocycles. The van der Waals surface area contributed by atoms with Gasteiger partial charge in [0.15, 0.2) is 11.5 Å². The molecule has 0 radical (unpaired) electrons. The third-order valence-electron chi connectivity index (χ3n) is 3.89. The number of nitro groups is 1. The molecule has 0 spiro atoms. The molecule has 0 bridgehead atoms. The lowest BCUT2D eigenvalue weighted by atomic mass is 10.1. The minimum Gasteiger partial charge on any atom is -0.454 e. The van der Waals surface area contributed by atoms with Gasteiger partial charge in [-0.3, -0.25) is 14.9 Å². The minimum atomic E-state index is -0.814. The predicted molar refractivity (Wildman–Crippen MR) is 92.6 cm³/mol. The molecular weight excluding hydrogens is 364 g/mol. The molecule has 0 fully saturated rings. The molecule has 2 N–H and O–H groups in total. The Balaban J connectivity index is 1.58. The molecule has 0 aromatic heterocycles. The maximum atomic E-state index is 12.2. The summed E-state index contributed by atoms with van der Waals surface area (Å²) in [6.07, 6.45) is -0.567. The Labute approximate surface area is 153 Å². The number of aliphatic hydroxyl groups is 1. The molecule has 26 heavy (non-hydrogen) atoms. The number of benzene rings is 2. The van der Waals surface area contributed by atoms with Crippen molar-refractivity contribution in [3.8, 4) is 11.5 Å². The number of nitro benzene ring substituents is 1. The highest BCUT2D eigenvalue weighted by molar-refractivity contribution is 6.33. The highest BCUT2D eigenvalue weighted by Crippen LogP contribution is 2.34. The zero-order chi connectivity index (χ0) is 18.7. The number of hydrogen-bond donors (Lipinski definition) is 2. The first-order valence-electron chi connectivity index (χ1n) is 7.75. The van der Waals surface area contributed by atoms with Gasteiger partial charge in [0.05, 0.1) is 21.6 Å². The zero-order valence-electron chi connectivity index (χ0n) is 13.5. The molecule has 2 aromatic rings. The minimum absolute atomic E-state index is 0.0124. The van der Waals surface area contributed by atoms with Crippen LogP contribution in [0.25, 0.3) is 0 Å². The van der Waals surface area contributed by atoms with Crippen LogP contribution in [0.5, 0.6) is 11.5 Å². The zero-order valence-corrected chi connectivity index (χ0v) is 14.2. The van der Waals surface area contributed by atoms with Gasteiger partial charge in [-0.15, -0.1) is 0 Å². The third-order valence-corrected chi connectivity index (χ3v) is 4.22. The summed E-state index contributed by atoms with van der Waals surface area (Å²) < 4.78 is 10.5. The van der Waals surface area contributed by atoms with Crippen molar-refractivity contribution in [3.63, 3.8) is 0 Å². The number of ether oxygens (including phenoxy) is 2. The van der Waals surface area contributed by atoms with Gasteiger partial charge in [-0.05, 0) is 30.2 Å². The maximum absolute atomic E-state index is 12.2. The van der Waals surface area contributed by atoms with Crippen LogP contribution in [0.2, 0.25) is 5.02 Å². The Bertz CT molecular complexity index is 857. The van der Waals surface area contributed by atoms with Crippen LogP contribution < -0.4 is 14.8 Å². The van der Waals surface area contributed by atoms with Crippen molar-refractivity contribution >= 4 is 23.2 Å². The monoisotopic (exact) mass is 378 g/mol. The van der Waals surface area contributed by atoms with Crippen molar-refractivity contribution < 1.29 is 24.3 Å². The lowest BCUT2D eigenvalue weighted by molar-refractivity contribution is -0.384. The summed E-state index contributed by atoms with van der Waals surface area (Å²) >= 11 is 5.93. The van der Waals surface area contributed by atoms with E-state index in [0.717, 1.165) is 6.07 Å². The number of carbonyl (C=O) groups is 1. The van der Waals surface area contributed by atoms with Gasteiger partial charge in [0.1, 0.15) is 0 Å². The van der Waals surface area contributed by atoms with Crippen molar-refractivity contribution in [1.82, 2.24) is 5.32 Å². The summed E-state index contributed by atoms with van der Waals surface area (Å²) in [4.78, 5) is 22.4. The topological polar surface area (TPSA) is 111 Å². The number of carbonyl (C=O) groups excluding carboxylic acids is 1. The lowest BCUT2D eigenvalue weighted by Crippen LogP contribution is -2.26. The normalized spacial score (nSPS) is 13.3. The molecule has 0 saturated carbocycles. The van der Waals surface area contributed by atoms with E-state index in [1.165, 1.54) is 12.1 Å². The average Bonchev–Trinajstić information content (AvgIpc) is 3.09. The summed E-state index contributed by atoms with van der Waals surface area (Å²) in [7, 11) is 0. The van der Waals surface area contributed by atoms with Crippen molar-refractivity contribution in [2.45, 2.75) is 12.5 Å². The molecule has 1 amide bonds. The molecule has 1 unspecified atom stereocenters. The van der Waals surface area contributed by atoms with Crippen molar-refractivity contribution in [2.24, 2.45) is 0 Å². The molecule has 136 valence electrons. The molecule has 3 rings (SSSR count). The fourth-order valence-corrected chi connectivity index (χ4v) is 2.71. The summed E-state index contributed by atoms with van der Waals surface area (Å²) in [5, 5.41) is 23.8. The quantitative estimate of drug-likeness (QED) is 0.590. The number of nitrogens with one attached hydrogen (secondary N) is 1. The Kier molecular flexibility index (Phi) is 5.24. The number of fused-ring (bicyclic) bond motifs is 1. The van der Waals surface area contributed by atoms with Gasteiger partial charge in [0.25, 0.3) is 11.6 Å². The van der Waals surface area contributed by atoms with Crippen molar-refractivity contribution in [3.05, 3.63) is 62.7 Å². The SMILES string of the molecule is O=C(NCCC(O)c1ccc2c(c1)OCO2)c1cc([N+](=O)[O-])ccc1Cl. The van der Waals surface area contributed by atoms with Crippen LogP contribution in [-0.2, 0) is 0 Å². The lowest BCUT2D eigenvalue weighted by Gasteiger charge is -2.12. The number of rotatable bonds is 6. The molecular formula is C17H15ClN2O6. The van der Waals surface area contributed by atoms with E-state index in [1.807, 2.05) is 0 Å². The van der Waals surface area contributed by atoms with Crippen LogP contribution in [0.4, 0.5) is 5.69 Å². The fourth-order valence-electron chi connectivity index (χ4n) is 2.51. The van der Waals surface area contributed by atoms with Crippen LogP contribution in [-0.4, -0.2) is 29.3 Å². The van der Waals surface area contributed by atoms with Gasteiger partial charge >= 0.3 is 0 Å². The fraction of sp³-hybridized carbons (Fsp3) is 0.235. The van der Waals surface area contributed by atoms with Gasteiger partial charge in [-0.25, -0.2) is 0 Å². The van der Waals surface area contributed by atoms with Crippen LogP contribution in [0.1, 0.15) is 28.4 Å². The van der Waals surface area contributed by atoms with Gasteiger partial charge in [0, 0.05) is 18.7 Å². The molecule has 9 heteroatoms. The average molecular weight is 379 g/mol. The number of non-ortho nitro benzene ring substituents is 1. The van der Waals surface area contributed by atoms with Crippen molar-refractivity contribution in [1.29, 1.82) is 0 Å². The molecule has 0 aliphatic carbocycles. The molecule has 8 nitrogen and oxygen atoms in total. The van der Waals surface area contributed by atoms with E-state index in [0.29, 0.717) is 17.1 Å². The summed E-state index contributed by atoms with van der Waals surface area (Å²) in [5.74, 6) is 0.639. The first kappa shape index (κ1) is 18.0. The van der Waals surface area contributed by atoms with Gasteiger partial charge < -0.3 is 19.9 Å². The molecule has 1 aliphatic rings. The Morgan fingerprint density at radius 2 is 2.04 bits per heavy atom. The van der Waals surface area contributed by atoms with E-state index in [4.69, 9.17) is 21.1 Å². The maximum Gasteiger partial charge on any atom is 0.270 e. The van der Waals surface area contributed by atoms with E-state index in [9.17, 15) is 20.0 Å². The predicted octanol–water partition coefficient (Wildman–Crippen LogP) is 2.83. The van der Waals surface area contributed by atoms with E-state index in [2.05, 4.69) is 5.32 Å². The van der Waals surface area contributed by atoms with Crippen molar-refractivity contribution in [2.75, 3.05) is 13.3 Å². The van der Waals surface area contributed by atoms with E-state index in [-0.39, 0.29) is 36.0 Å². The second-order valence-electron chi connectivity index (χ2n) is 5.59. The number of amides is 1. The van der Waals surface area contributed by atoms with Gasteiger partial charge in [0.2, 0.25) is 6.79 Å². The molecule has 2 aromatic carbocycles. The Morgan fingerprint density at radius 3 is 2.81 bits per heavy atom. The molecule has 1 atom stereocenters. The van der Waals surface area contributed by atoms with Gasteiger partial charge in [-0.2, -0.15) is 0 Å². The Morgan fingerprint density at radius 1 is 1.27 bits per heavy atom. The van der Waals surface area contributed by atoms with E-state index in [1.54, 1.807) is 18.2 Å². The van der Waals surface area contributed by atoms with Crippen LogP contribution in [0.3, 0.4) is 0 Å². The summed E-state index contributed by atoms with van der Waals surface area (Å²) in [6, 6.07) is 8.76. The smallest absolute Gasteiger partial charge is 0.270 e. The Hall–Kier alpha value is -2.84. The van der Waals surface area contributed by atoms with E-state index >= 15 is 0 Å².